The highest BCUT2D eigenvalue weighted by molar-refractivity contribution is 6.17. The van der Waals surface area contributed by atoms with E-state index in [1.54, 1.807) is 12.3 Å². The monoisotopic (exact) mass is 278 g/mol. The lowest BCUT2D eigenvalue weighted by molar-refractivity contribution is 0.492. The molecule has 0 unspecified atom stereocenters. The van der Waals surface area contributed by atoms with Gasteiger partial charge in [-0.1, -0.05) is 0 Å². The molecule has 0 radical (unpaired) electrons. The molecule has 2 heterocycles. The molecule has 0 spiro atoms. The molecule has 0 atom stereocenters. The van der Waals surface area contributed by atoms with Crippen LogP contribution in [0.2, 0.25) is 0 Å². The summed E-state index contributed by atoms with van der Waals surface area (Å²) >= 11 is 5.80. The summed E-state index contributed by atoms with van der Waals surface area (Å²) in [5.74, 6) is 1.85. The van der Waals surface area contributed by atoms with Gasteiger partial charge in [0.1, 0.15) is 17.4 Å². The van der Waals surface area contributed by atoms with Crippen LogP contribution in [-0.4, -0.2) is 15.4 Å². The van der Waals surface area contributed by atoms with Crippen molar-refractivity contribution in [2.24, 2.45) is 0 Å². The number of aryl methyl sites for hydroxylation is 1. The predicted octanol–water partition coefficient (Wildman–Crippen LogP) is 3.60. The molecule has 3 nitrogen and oxygen atoms in total. The number of aromatic nitrogens is 2. The van der Waals surface area contributed by atoms with Crippen LogP contribution in [-0.2, 0) is 13.0 Å². The van der Waals surface area contributed by atoms with Gasteiger partial charge in [0.15, 0.2) is 0 Å². The minimum Gasteiger partial charge on any atom is -0.467 e. The van der Waals surface area contributed by atoms with Gasteiger partial charge in [0.2, 0.25) is 0 Å². The first-order valence-corrected chi connectivity index (χ1v) is 6.54. The van der Waals surface area contributed by atoms with Crippen molar-refractivity contribution >= 4 is 22.6 Å². The van der Waals surface area contributed by atoms with Crippen LogP contribution in [0.1, 0.15) is 11.6 Å². The molecule has 0 aliphatic carbocycles. The van der Waals surface area contributed by atoms with Crippen molar-refractivity contribution < 1.29 is 8.81 Å². The Morgan fingerprint density at radius 2 is 2.21 bits per heavy atom. The maximum atomic E-state index is 13.4. The van der Waals surface area contributed by atoms with Crippen LogP contribution < -0.4 is 0 Å². The summed E-state index contributed by atoms with van der Waals surface area (Å²) in [6.07, 6.45) is 2.26. The number of hydrogen-bond donors (Lipinski definition) is 0. The zero-order valence-electron chi connectivity index (χ0n) is 10.1. The van der Waals surface area contributed by atoms with Crippen LogP contribution >= 0.6 is 11.6 Å². The third-order valence-corrected chi connectivity index (χ3v) is 3.19. The van der Waals surface area contributed by atoms with Gasteiger partial charge in [0.05, 0.1) is 23.8 Å². The number of benzene rings is 1. The van der Waals surface area contributed by atoms with E-state index in [4.69, 9.17) is 16.0 Å². The van der Waals surface area contributed by atoms with Gasteiger partial charge in [0.25, 0.3) is 0 Å². The largest absolute Gasteiger partial charge is 0.467 e. The van der Waals surface area contributed by atoms with E-state index in [9.17, 15) is 4.39 Å². The van der Waals surface area contributed by atoms with E-state index < -0.39 is 0 Å². The summed E-state index contributed by atoms with van der Waals surface area (Å²) in [6.45, 7) is 0.527. The van der Waals surface area contributed by atoms with Crippen LogP contribution in [0.5, 0.6) is 0 Å². The summed E-state index contributed by atoms with van der Waals surface area (Å²) in [4.78, 5) is 4.49. The molecule has 0 aliphatic heterocycles. The van der Waals surface area contributed by atoms with Crippen molar-refractivity contribution in [2.45, 2.75) is 13.0 Å². The first-order valence-electron chi connectivity index (χ1n) is 6.01. The van der Waals surface area contributed by atoms with Gasteiger partial charge >= 0.3 is 0 Å². The number of alkyl halides is 1. The molecule has 0 bridgehead atoms. The Bertz CT molecular complexity index is 691. The SMILES string of the molecule is Fc1ccc2nc(CCCl)n(Cc3ccco3)c2c1. The molecule has 0 aliphatic rings. The first-order chi connectivity index (χ1) is 9.28. The summed E-state index contributed by atoms with van der Waals surface area (Å²) in [6, 6.07) is 8.30. The maximum Gasteiger partial charge on any atom is 0.125 e. The first kappa shape index (κ1) is 12.2. The molecule has 0 fully saturated rings. The second-order valence-corrected chi connectivity index (χ2v) is 4.64. The van der Waals surface area contributed by atoms with Crippen molar-refractivity contribution in [3.8, 4) is 0 Å². The van der Waals surface area contributed by atoms with Crippen LogP contribution in [0.25, 0.3) is 11.0 Å². The van der Waals surface area contributed by atoms with Crippen molar-refractivity contribution in [2.75, 3.05) is 5.88 Å². The van der Waals surface area contributed by atoms with Crippen molar-refractivity contribution in [1.82, 2.24) is 9.55 Å². The van der Waals surface area contributed by atoms with E-state index in [-0.39, 0.29) is 5.82 Å². The zero-order chi connectivity index (χ0) is 13.2. The Morgan fingerprint density at radius 1 is 1.32 bits per heavy atom. The van der Waals surface area contributed by atoms with Gasteiger partial charge in [0, 0.05) is 12.3 Å². The molecule has 0 saturated heterocycles. The standard InChI is InChI=1S/C14H12ClFN2O/c15-6-5-14-17-12-4-3-10(16)8-13(12)18(14)9-11-2-1-7-19-11/h1-4,7-8H,5-6,9H2. The quantitative estimate of drug-likeness (QED) is 0.683. The maximum absolute atomic E-state index is 13.4. The van der Waals surface area contributed by atoms with E-state index in [2.05, 4.69) is 4.98 Å². The molecule has 0 amide bonds. The number of halogens is 2. The van der Waals surface area contributed by atoms with E-state index in [0.29, 0.717) is 18.8 Å². The van der Waals surface area contributed by atoms with Gasteiger partial charge in [-0.05, 0) is 30.3 Å². The third-order valence-electron chi connectivity index (χ3n) is 3.00. The number of furan rings is 1. The van der Waals surface area contributed by atoms with E-state index in [1.165, 1.54) is 12.1 Å². The average Bonchev–Trinajstić information content (AvgIpc) is 3.00. The third kappa shape index (κ3) is 2.36. The smallest absolute Gasteiger partial charge is 0.125 e. The summed E-state index contributed by atoms with van der Waals surface area (Å²) in [7, 11) is 0. The Kier molecular flexibility index (Phi) is 3.25. The predicted molar refractivity (Wildman–Crippen MR) is 71.9 cm³/mol. The number of imidazole rings is 1. The summed E-state index contributed by atoms with van der Waals surface area (Å²) in [5, 5.41) is 0. The molecule has 5 heteroatoms. The average molecular weight is 279 g/mol. The molecular formula is C14H12ClFN2O. The lowest BCUT2D eigenvalue weighted by Gasteiger charge is -2.06. The number of hydrogen-bond acceptors (Lipinski definition) is 2. The van der Waals surface area contributed by atoms with Gasteiger partial charge in [-0.3, -0.25) is 0 Å². The normalized spacial score (nSPS) is 11.3. The van der Waals surface area contributed by atoms with Crippen LogP contribution in [0, 0.1) is 5.82 Å². The van der Waals surface area contributed by atoms with E-state index in [0.717, 1.165) is 22.6 Å². The van der Waals surface area contributed by atoms with Gasteiger partial charge in [-0.15, -0.1) is 11.6 Å². The van der Waals surface area contributed by atoms with E-state index in [1.807, 2.05) is 16.7 Å². The minimum absolute atomic E-state index is 0.273. The highest BCUT2D eigenvalue weighted by Gasteiger charge is 2.12. The van der Waals surface area contributed by atoms with E-state index >= 15 is 0 Å². The lowest BCUT2D eigenvalue weighted by atomic mass is 10.3. The Labute approximate surface area is 114 Å². The molecule has 0 N–H and O–H groups in total. The van der Waals surface area contributed by atoms with Gasteiger partial charge in [-0.25, -0.2) is 9.37 Å². The molecule has 3 rings (SSSR count). The summed E-state index contributed by atoms with van der Waals surface area (Å²) in [5.41, 5.74) is 1.53. The van der Waals surface area contributed by atoms with Crippen LogP contribution in [0.4, 0.5) is 4.39 Å². The molecule has 0 saturated carbocycles. The highest BCUT2D eigenvalue weighted by atomic mass is 35.5. The lowest BCUT2D eigenvalue weighted by Crippen LogP contribution is -2.05. The molecule has 3 aromatic rings. The molecule has 19 heavy (non-hydrogen) atoms. The van der Waals surface area contributed by atoms with Crippen LogP contribution in [0.15, 0.2) is 41.0 Å². The fraction of sp³-hybridized carbons (Fsp3) is 0.214. The Morgan fingerprint density at radius 3 is 2.95 bits per heavy atom. The minimum atomic E-state index is -0.273. The molecule has 98 valence electrons. The second-order valence-electron chi connectivity index (χ2n) is 4.27. The number of rotatable bonds is 4. The fourth-order valence-electron chi connectivity index (χ4n) is 2.16. The van der Waals surface area contributed by atoms with Gasteiger partial charge in [-0.2, -0.15) is 0 Å². The van der Waals surface area contributed by atoms with Crippen molar-refractivity contribution in [3.63, 3.8) is 0 Å². The molecular weight excluding hydrogens is 267 g/mol. The Hall–Kier alpha value is -1.81. The fourth-order valence-corrected chi connectivity index (χ4v) is 2.32. The topological polar surface area (TPSA) is 31.0 Å². The van der Waals surface area contributed by atoms with Gasteiger partial charge < -0.3 is 8.98 Å². The summed E-state index contributed by atoms with van der Waals surface area (Å²) < 4.78 is 20.7. The molecule has 2 aromatic heterocycles. The number of fused-ring (bicyclic) bond motifs is 1. The molecule has 1 aromatic carbocycles. The van der Waals surface area contributed by atoms with Crippen molar-refractivity contribution in [3.05, 3.63) is 54.0 Å². The van der Waals surface area contributed by atoms with Crippen LogP contribution in [0.3, 0.4) is 0 Å². The Balaban J connectivity index is 2.12. The number of nitrogens with zero attached hydrogens (tertiary/aromatic N) is 2. The van der Waals surface area contributed by atoms with Crippen molar-refractivity contribution in [1.29, 1.82) is 0 Å². The zero-order valence-corrected chi connectivity index (χ0v) is 10.9. The second kappa shape index (κ2) is 5.05. The highest BCUT2D eigenvalue weighted by Crippen LogP contribution is 2.20.